The van der Waals surface area contributed by atoms with Crippen LogP contribution in [0.25, 0.3) is 142 Å². The molecular weight excluding hydrogens is 1990 g/mol. The second kappa shape index (κ2) is 48.8. The minimum absolute atomic E-state index is 0. The fourth-order valence-electron chi connectivity index (χ4n) is 18.1. The fraction of sp³-hybridized carbons (Fsp3) is 0.196. The summed E-state index contributed by atoms with van der Waals surface area (Å²) in [7, 11) is -7.76. The Bertz CT molecular complexity index is 8750. The molecule has 8 N–H and O–H groups in total. The number of aryl methyl sites for hydroxylation is 5. The number of rotatable bonds is 22. The number of aliphatic hydroxyl groups is 8. The molecule has 9 heterocycles. The van der Waals surface area contributed by atoms with Crippen LogP contribution in [0.2, 0.25) is 0 Å². The molecule has 150 heavy (non-hydrogen) atoms. The molecule has 0 spiro atoms. The van der Waals surface area contributed by atoms with Crippen LogP contribution in [0.3, 0.4) is 0 Å². The van der Waals surface area contributed by atoms with Crippen molar-refractivity contribution >= 4 is 164 Å². The number of nitrogens with zero attached hydrogens (tertiary/aromatic N) is 5. The summed E-state index contributed by atoms with van der Waals surface area (Å²) < 4.78 is 136. The topological polar surface area (TPSA) is 529 Å². The molecule has 38 heteroatoms. The van der Waals surface area contributed by atoms with Gasteiger partial charge < -0.3 is 103 Å². The number of aliphatic hydroxyl groups excluding tert-OH is 8. The second-order valence-electron chi connectivity index (χ2n) is 34.1. The monoisotopic (exact) mass is 2100 g/mol. The second-order valence-corrected chi connectivity index (χ2v) is 37.1. The molecule has 0 aliphatic carbocycles. The molecule has 0 unspecified atom stereocenters. The number of fused-ring (bicyclic) bond motifs is 16. The van der Waals surface area contributed by atoms with Crippen LogP contribution >= 0.6 is 0 Å². The van der Waals surface area contributed by atoms with E-state index in [9.17, 15) is 98.9 Å². The number of carbonyl (C=O) groups excluding carboxylic acids is 4. The Labute approximate surface area is 862 Å². The molecule has 19 aromatic rings. The normalized spacial score (nSPS) is 11.2. The Morgan fingerprint density at radius 2 is 0.620 bits per heavy atom. The van der Waals surface area contributed by atoms with Crippen LogP contribution in [0.1, 0.15) is 113 Å². The van der Waals surface area contributed by atoms with Crippen LogP contribution in [0, 0.1) is 46.5 Å². The van der Waals surface area contributed by atoms with E-state index in [1.165, 1.54) is 10.9 Å². The first kappa shape index (κ1) is 113. The van der Waals surface area contributed by atoms with Crippen LogP contribution in [0.15, 0.2) is 242 Å². The fourth-order valence-corrected chi connectivity index (χ4v) is 19.0. The molecule has 9 aromatic heterocycles. The molecule has 0 saturated carbocycles. The van der Waals surface area contributed by atoms with E-state index in [1.807, 2.05) is 122 Å². The third-order valence-electron chi connectivity index (χ3n) is 25.0. The number of hydrogen-bond acceptors (Lipinski definition) is 31. The molecular formula is C112H107N5O30S3. The molecule has 10 aromatic carbocycles. The summed E-state index contributed by atoms with van der Waals surface area (Å²) in [6.07, 6.45) is 13.6. The summed E-state index contributed by atoms with van der Waals surface area (Å²) in [6.45, 7) is 12.5. The minimum Gasteiger partial charge on any atom is -0.716 e. The zero-order chi connectivity index (χ0) is 108. The van der Waals surface area contributed by atoms with Crippen molar-refractivity contribution in [2.24, 2.45) is 0 Å². The van der Waals surface area contributed by atoms with E-state index in [-0.39, 0.29) is 60.3 Å². The van der Waals surface area contributed by atoms with E-state index < -0.39 is 49.1 Å². The average Bonchev–Trinajstić information content (AvgIpc) is 0.855. The van der Waals surface area contributed by atoms with Gasteiger partial charge in [-0.15, -0.1) is 0 Å². The molecule has 0 aliphatic rings. The molecule has 0 fully saturated rings. The van der Waals surface area contributed by atoms with Gasteiger partial charge in [-0.2, -0.15) is 22.9 Å². The molecule has 19 rings (SSSR count). The number of hydrogen-bond donors (Lipinski definition) is 8. The van der Waals surface area contributed by atoms with Crippen molar-refractivity contribution in [1.29, 1.82) is 5.26 Å². The highest BCUT2D eigenvalue weighted by Gasteiger charge is 2.27. The summed E-state index contributed by atoms with van der Waals surface area (Å²) in [5.74, 6) is 0.341. The largest absolute Gasteiger partial charge is 0.716 e. The number of pyridine rings is 8. The van der Waals surface area contributed by atoms with Crippen molar-refractivity contribution < 1.29 is 157 Å². The van der Waals surface area contributed by atoms with Gasteiger partial charge in [0.05, 0.1) is 127 Å². The Kier molecular flexibility index (Phi) is 36.7. The van der Waals surface area contributed by atoms with Crippen LogP contribution in [-0.2, 0) is 122 Å². The Morgan fingerprint density at radius 3 is 0.860 bits per heavy atom. The van der Waals surface area contributed by atoms with Crippen molar-refractivity contribution in [3.63, 3.8) is 0 Å². The third kappa shape index (κ3) is 25.5. The maximum atomic E-state index is 10.6. The summed E-state index contributed by atoms with van der Waals surface area (Å²) >= 11 is 0. The average molecular weight is 2100 g/mol. The standard InChI is InChI=1S/C28H23N2O3.C28H24NO5.C25H22NO4.C24H26NO3.3C2H4O5S.CH3/c1-17-24-10-23(16-32)22(15-31)9-21(24)11-27-25-13-26(19-5-3-18(14-29)4-6-19)28(33-2)12-20(25)7-8-30(17)27;1-17-24-10-22(15-31)21(14-30)9-20(24)11-27-25-13-26(18-3-5-23(6-4-18)34-16-32)28(33-2)12-19(25)7-8-29(17)27;1-15-21-8-20(13-28)19(12-27)7-18(21)9-24-22-11-23(17-4-6-30-14-17)25(29-2)10-16(22)3-5-26(15)24;1-4-5-17-9-22-16(12-24(17)28-3)6-7-25-15(2)21-10-20(14-27)19(13-26)8-18(21)11-23(22)25;3*1-2(3)7-8(4,5)6;/h3-13,31-32H,15-16H2,1-2H3;3-13,16,30-31H,14-15H2,1-2H3;3-11,14,27-28H,12-13H2,1-2H3;6-12,26-27H,4-5,13-14H2,1-3H3;3*1H3,(H,4,5,6);1H3/q4*+1;;;;-1/p-3. The molecule has 0 aliphatic heterocycles. The van der Waals surface area contributed by atoms with Crippen molar-refractivity contribution in [3.8, 4) is 68.2 Å². The van der Waals surface area contributed by atoms with Crippen LogP contribution < -0.4 is 41.3 Å². The van der Waals surface area contributed by atoms with Gasteiger partial charge >= 0.3 is 17.9 Å². The minimum atomic E-state index is -4.82. The first-order valence-electron chi connectivity index (χ1n) is 45.9. The zero-order valence-electron chi connectivity index (χ0n) is 83.7. The Hall–Kier alpha value is -15.9. The maximum Gasteiger partial charge on any atom is 0.318 e. The van der Waals surface area contributed by atoms with E-state index in [1.54, 1.807) is 53.1 Å². The highest BCUT2D eigenvalue weighted by atomic mass is 32.3. The molecule has 0 radical (unpaired) electrons. The smallest absolute Gasteiger partial charge is 0.318 e. The van der Waals surface area contributed by atoms with Gasteiger partial charge in [0.1, 0.15) is 28.7 Å². The predicted octanol–water partition coefficient (Wildman–Crippen LogP) is 14.6. The van der Waals surface area contributed by atoms with Crippen molar-refractivity contribution in [2.45, 2.75) is 121 Å². The van der Waals surface area contributed by atoms with Crippen LogP contribution in [-0.4, -0.2) is 133 Å². The predicted molar refractivity (Wildman–Crippen MR) is 556 cm³/mol. The van der Waals surface area contributed by atoms with Crippen molar-refractivity contribution in [3.05, 3.63) is 323 Å². The highest BCUT2D eigenvalue weighted by molar-refractivity contribution is 7.81. The number of methoxy groups -OCH3 is 4. The van der Waals surface area contributed by atoms with Gasteiger partial charge in [-0.05, 0) is 238 Å². The van der Waals surface area contributed by atoms with Crippen LogP contribution in [0.4, 0.5) is 0 Å². The number of benzene rings is 10. The summed E-state index contributed by atoms with van der Waals surface area (Å²) in [5, 5.41) is 104. The molecule has 0 bridgehead atoms. The summed E-state index contributed by atoms with van der Waals surface area (Å²) in [6, 6.07) is 68.3. The van der Waals surface area contributed by atoms with E-state index in [0.29, 0.717) is 17.8 Å². The molecule has 0 saturated heterocycles. The number of aromatic nitrogens is 4. The number of ether oxygens (including phenoxy) is 5. The number of carbonyl (C=O) groups is 4. The van der Waals surface area contributed by atoms with Crippen molar-refractivity contribution in [2.75, 3.05) is 28.4 Å². The first-order chi connectivity index (χ1) is 71.1. The molecule has 0 atom stereocenters. The summed E-state index contributed by atoms with van der Waals surface area (Å²) in [4.78, 5) is 39.6. The molecule has 35 nitrogen and oxygen atoms in total. The lowest BCUT2D eigenvalue weighted by Gasteiger charge is -2.12. The Balaban J connectivity index is 0.000000165. The van der Waals surface area contributed by atoms with Gasteiger partial charge in [0, 0.05) is 141 Å². The van der Waals surface area contributed by atoms with Gasteiger partial charge in [-0.3, -0.25) is 19.2 Å². The quantitative estimate of drug-likeness (QED) is 0.00594. The number of nitriles is 1. The lowest BCUT2D eigenvalue weighted by atomic mass is 9.97. The SMILES string of the molecule is CC(=O)OS(=O)(=O)[O-].CC(=O)OS(=O)(=O)[O-].CC(=O)OS(=O)(=O)[O-].CCCc1cc2c(cc[n+]3c(C)c4cc(CO)c(CO)cc4cc23)cc1OC.COc1cc2cc[n+]3c(C)c4cc(CO)c(CO)cc4cc3c2cc1-c1ccc(C#N)cc1.COc1cc2cc[n+]3c(C)c4cc(CO)c(CO)cc4cc3c2cc1-c1ccc(OC=O)cc1.COc1cc2cc[n+]3c(C)c4cc(CO)c(CO)cc4cc3c2cc1-c1ccoc1.[CH3-]. The van der Waals surface area contributed by atoms with Gasteiger partial charge in [0.25, 0.3) is 37.7 Å². The summed E-state index contributed by atoms with van der Waals surface area (Å²) in [5.41, 5.74) is 22.0. The highest BCUT2D eigenvalue weighted by Crippen LogP contribution is 2.42. The molecule has 0 amide bonds. The maximum absolute atomic E-state index is 10.6. The van der Waals surface area contributed by atoms with Crippen LogP contribution in [0.5, 0.6) is 28.7 Å². The van der Waals surface area contributed by atoms with E-state index in [2.05, 4.69) is 162 Å². The lowest BCUT2D eigenvalue weighted by molar-refractivity contribution is -0.517. The number of furan rings is 1. The Morgan fingerprint density at radius 1 is 0.353 bits per heavy atom. The third-order valence-corrected chi connectivity index (χ3v) is 26.3. The molecule has 778 valence electrons. The van der Waals surface area contributed by atoms with E-state index in [4.69, 9.17) is 33.4 Å². The van der Waals surface area contributed by atoms with E-state index >= 15 is 0 Å². The van der Waals surface area contributed by atoms with E-state index in [0.717, 1.165) is 260 Å². The lowest BCUT2D eigenvalue weighted by Crippen LogP contribution is -2.26. The van der Waals surface area contributed by atoms with Crippen molar-refractivity contribution in [1.82, 2.24) is 0 Å². The van der Waals surface area contributed by atoms with Gasteiger partial charge in [-0.1, -0.05) is 37.6 Å². The zero-order valence-corrected chi connectivity index (χ0v) is 86.1. The first-order valence-corrected chi connectivity index (χ1v) is 49.9. The van der Waals surface area contributed by atoms with Gasteiger partial charge in [0.15, 0.2) is 47.6 Å². The van der Waals surface area contributed by atoms with Gasteiger partial charge in [0.2, 0.25) is 22.1 Å². The van der Waals surface area contributed by atoms with Gasteiger partial charge in [-0.25, -0.2) is 25.3 Å².